The molecule has 0 fully saturated rings. The zero-order valence-electron chi connectivity index (χ0n) is 12.9. The molecule has 0 radical (unpaired) electrons. The first-order valence-corrected chi connectivity index (χ1v) is 7.59. The van der Waals surface area contributed by atoms with E-state index >= 15 is 0 Å². The lowest BCUT2D eigenvalue weighted by atomic mass is 9.95. The second kappa shape index (κ2) is 7.39. The first-order chi connectivity index (χ1) is 10.1. The van der Waals surface area contributed by atoms with Gasteiger partial charge in [-0.05, 0) is 37.8 Å². The van der Waals surface area contributed by atoms with Crippen LogP contribution in [0.2, 0.25) is 0 Å². The predicted octanol–water partition coefficient (Wildman–Crippen LogP) is 3.72. The van der Waals surface area contributed by atoms with Gasteiger partial charge in [-0.15, -0.1) is 0 Å². The van der Waals surface area contributed by atoms with E-state index < -0.39 is 6.10 Å². The van der Waals surface area contributed by atoms with Crippen LogP contribution in [0.15, 0.2) is 60.7 Å². The summed E-state index contributed by atoms with van der Waals surface area (Å²) in [6, 6.07) is 20.3. The standard InChI is InChI=1S/C19H25NO/c1-19(2,14-13-16-9-5-3-6-10-16)20-15-18(21)17-11-7-4-8-12-17/h3-12,18,20-21H,13-15H2,1-2H3. The summed E-state index contributed by atoms with van der Waals surface area (Å²) in [6.07, 6.45) is 1.63. The Balaban J connectivity index is 1.81. The van der Waals surface area contributed by atoms with E-state index in [-0.39, 0.29) is 5.54 Å². The van der Waals surface area contributed by atoms with Crippen LogP contribution in [-0.2, 0) is 6.42 Å². The average molecular weight is 283 g/mol. The van der Waals surface area contributed by atoms with Crippen LogP contribution in [0.4, 0.5) is 0 Å². The smallest absolute Gasteiger partial charge is 0.0914 e. The number of hydrogen-bond donors (Lipinski definition) is 2. The third-order valence-corrected chi connectivity index (χ3v) is 3.84. The van der Waals surface area contributed by atoms with Gasteiger partial charge >= 0.3 is 0 Å². The first kappa shape index (κ1) is 15.7. The van der Waals surface area contributed by atoms with Crippen molar-refractivity contribution in [2.75, 3.05) is 6.54 Å². The summed E-state index contributed by atoms with van der Waals surface area (Å²) in [4.78, 5) is 0. The average Bonchev–Trinajstić information content (AvgIpc) is 2.53. The molecule has 2 heteroatoms. The highest BCUT2D eigenvalue weighted by atomic mass is 16.3. The van der Waals surface area contributed by atoms with Crippen LogP contribution in [0, 0.1) is 0 Å². The number of rotatable bonds is 7. The summed E-state index contributed by atoms with van der Waals surface area (Å²) >= 11 is 0. The van der Waals surface area contributed by atoms with Gasteiger partial charge in [-0.2, -0.15) is 0 Å². The van der Waals surface area contributed by atoms with Gasteiger partial charge in [0.25, 0.3) is 0 Å². The van der Waals surface area contributed by atoms with E-state index in [9.17, 15) is 5.11 Å². The van der Waals surface area contributed by atoms with Crippen molar-refractivity contribution in [3.8, 4) is 0 Å². The number of aryl methyl sites for hydroxylation is 1. The van der Waals surface area contributed by atoms with Gasteiger partial charge in [0.05, 0.1) is 6.10 Å². The maximum absolute atomic E-state index is 10.2. The zero-order valence-corrected chi connectivity index (χ0v) is 12.9. The molecule has 0 saturated carbocycles. The van der Waals surface area contributed by atoms with Gasteiger partial charge in [0.2, 0.25) is 0 Å². The minimum Gasteiger partial charge on any atom is -0.387 e. The van der Waals surface area contributed by atoms with Crippen molar-refractivity contribution < 1.29 is 5.11 Å². The molecule has 0 spiro atoms. The minimum absolute atomic E-state index is 0.00556. The molecule has 2 nitrogen and oxygen atoms in total. The third-order valence-electron chi connectivity index (χ3n) is 3.84. The highest BCUT2D eigenvalue weighted by molar-refractivity contribution is 5.18. The minimum atomic E-state index is -0.456. The molecule has 2 rings (SSSR count). The van der Waals surface area contributed by atoms with Gasteiger partial charge in [-0.3, -0.25) is 0 Å². The molecule has 21 heavy (non-hydrogen) atoms. The van der Waals surface area contributed by atoms with Crippen LogP contribution in [0.5, 0.6) is 0 Å². The Kier molecular flexibility index (Phi) is 5.54. The molecule has 0 saturated heterocycles. The van der Waals surface area contributed by atoms with Crippen LogP contribution < -0.4 is 5.32 Å². The summed E-state index contributed by atoms with van der Waals surface area (Å²) in [7, 11) is 0. The maximum Gasteiger partial charge on any atom is 0.0914 e. The van der Waals surface area contributed by atoms with Crippen LogP contribution in [-0.4, -0.2) is 17.2 Å². The van der Waals surface area contributed by atoms with Crippen molar-refractivity contribution in [3.05, 3.63) is 71.8 Å². The molecule has 0 heterocycles. The molecule has 0 aliphatic carbocycles. The van der Waals surface area contributed by atoms with E-state index in [0.717, 1.165) is 18.4 Å². The fraction of sp³-hybridized carbons (Fsp3) is 0.368. The molecule has 1 atom stereocenters. The number of aliphatic hydroxyl groups excluding tert-OH is 1. The lowest BCUT2D eigenvalue weighted by Gasteiger charge is -2.28. The SMILES string of the molecule is CC(C)(CCc1ccccc1)NCC(O)c1ccccc1. The largest absolute Gasteiger partial charge is 0.387 e. The zero-order chi connectivity index (χ0) is 15.1. The summed E-state index contributed by atoms with van der Waals surface area (Å²) in [6.45, 7) is 4.95. The second-order valence-electron chi connectivity index (χ2n) is 6.18. The molecule has 0 amide bonds. The van der Waals surface area contributed by atoms with Crippen molar-refractivity contribution >= 4 is 0 Å². The second-order valence-corrected chi connectivity index (χ2v) is 6.18. The highest BCUT2D eigenvalue weighted by Gasteiger charge is 2.18. The maximum atomic E-state index is 10.2. The lowest BCUT2D eigenvalue weighted by molar-refractivity contribution is 0.159. The van der Waals surface area contributed by atoms with Crippen molar-refractivity contribution in [2.45, 2.75) is 38.3 Å². The number of β-amino-alcohol motifs (C(OH)–C–C–N with tert-alkyl or cyclic N) is 1. The van der Waals surface area contributed by atoms with E-state index in [1.807, 2.05) is 36.4 Å². The fourth-order valence-corrected chi connectivity index (χ4v) is 2.36. The summed E-state index contributed by atoms with van der Waals surface area (Å²) in [5.41, 5.74) is 2.32. The molecule has 0 aromatic heterocycles. The van der Waals surface area contributed by atoms with Gasteiger partial charge < -0.3 is 10.4 Å². The molecule has 2 aromatic carbocycles. The molecule has 0 aliphatic heterocycles. The van der Waals surface area contributed by atoms with Crippen LogP contribution in [0.25, 0.3) is 0 Å². The van der Waals surface area contributed by atoms with Crippen molar-refractivity contribution in [2.24, 2.45) is 0 Å². The topological polar surface area (TPSA) is 32.3 Å². The van der Waals surface area contributed by atoms with Gasteiger partial charge in [0, 0.05) is 12.1 Å². The quantitative estimate of drug-likeness (QED) is 0.811. The third kappa shape index (κ3) is 5.33. The van der Waals surface area contributed by atoms with Crippen molar-refractivity contribution in [1.82, 2.24) is 5.32 Å². The summed E-state index contributed by atoms with van der Waals surface area (Å²) in [5, 5.41) is 13.7. The van der Waals surface area contributed by atoms with Gasteiger partial charge in [-0.25, -0.2) is 0 Å². The van der Waals surface area contributed by atoms with E-state index in [1.54, 1.807) is 0 Å². The molecule has 0 bridgehead atoms. The fourth-order valence-electron chi connectivity index (χ4n) is 2.36. The Labute approximate surface area is 127 Å². The van der Waals surface area contributed by atoms with Crippen molar-refractivity contribution in [1.29, 1.82) is 0 Å². The van der Waals surface area contributed by atoms with Gasteiger partial charge in [0.15, 0.2) is 0 Å². The molecule has 0 aliphatic rings. The van der Waals surface area contributed by atoms with E-state index in [2.05, 4.69) is 43.4 Å². The summed E-state index contributed by atoms with van der Waals surface area (Å²) in [5.74, 6) is 0. The highest BCUT2D eigenvalue weighted by Crippen LogP contribution is 2.16. The number of benzene rings is 2. The van der Waals surface area contributed by atoms with E-state index in [1.165, 1.54) is 5.56 Å². The van der Waals surface area contributed by atoms with Crippen molar-refractivity contribution in [3.63, 3.8) is 0 Å². The molecular weight excluding hydrogens is 258 g/mol. The molecular formula is C19H25NO. The Morgan fingerprint density at radius 1 is 0.952 bits per heavy atom. The molecule has 2 N–H and O–H groups in total. The Bertz CT molecular complexity index is 522. The van der Waals surface area contributed by atoms with Crippen LogP contribution >= 0.6 is 0 Å². The Morgan fingerprint density at radius 3 is 2.14 bits per heavy atom. The van der Waals surface area contributed by atoms with Gasteiger partial charge in [-0.1, -0.05) is 60.7 Å². The van der Waals surface area contributed by atoms with E-state index in [0.29, 0.717) is 6.54 Å². The normalized spacial score (nSPS) is 13.1. The number of aliphatic hydroxyl groups is 1. The predicted molar refractivity (Wildman–Crippen MR) is 88.2 cm³/mol. The van der Waals surface area contributed by atoms with Crippen LogP contribution in [0.1, 0.15) is 37.5 Å². The Morgan fingerprint density at radius 2 is 1.52 bits per heavy atom. The molecule has 112 valence electrons. The molecule has 2 aromatic rings. The number of nitrogens with one attached hydrogen (secondary N) is 1. The van der Waals surface area contributed by atoms with Crippen LogP contribution in [0.3, 0.4) is 0 Å². The first-order valence-electron chi connectivity index (χ1n) is 7.59. The van der Waals surface area contributed by atoms with E-state index in [4.69, 9.17) is 0 Å². The van der Waals surface area contributed by atoms with Gasteiger partial charge in [0.1, 0.15) is 0 Å². The molecule has 1 unspecified atom stereocenters. The monoisotopic (exact) mass is 283 g/mol. The lowest BCUT2D eigenvalue weighted by Crippen LogP contribution is -2.41. The number of hydrogen-bond acceptors (Lipinski definition) is 2. The summed E-state index contributed by atoms with van der Waals surface area (Å²) < 4.78 is 0. The Hall–Kier alpha value is -1.64.